The van der Waals surface area contributed by atoms with Crippen LogP contribution >= 0.6 is 0 Å². The lowest BCUT2D eigenvalue weighted by atomic mass is 10.1. The van der Waals surface area contributed by atoms with Gasteiger partial charge in [-0.15, -0.1) is 0 Å². The van der Waals surface area contributed by atoms with Crippen LogP contribution in [-0.4, -0.2) is 24.3 Å². The number of hydrogen-bond acceptors (Lipinski definition) is 4. The summed E-state index contributed by atoms with van der Waals surface area (Å²) >= 11 is 0. The molecule has 4 aromatic rings. The Bertz CT molecular complexity index is 1540. The van der Waals surface area contributed by atoms with Crippen molar-refractivity contribution in [1.82, 2.24) is 0 Å². The predicted octanol–water partition coefficient (Wildman–Crippen LogP) is 6.57. The molecule has 0 heterocycles. The van der Waals surface area contributed by atoms with Crippen molar-refractivity contribution in [2.24, 2.45) is 0 Å². The van der Waals surface area contributed by atoms with Crippen LogP contribution in [0.25, 0.3) is 0 Å². The fourth-order valence-corrected chi connectivity index (χ4v) is 3.76. The fourth-order valence-electron chi connectivity index (χ4n) is 3.76. The molecule has 0 aliphatic heterocycles. The first-order valence-corrected chi connectivity index (χ1v) is 12.2. The van der Waals surface area contributed by atoms with Crippen molar-refractivity contribution in [1.29, 1.82) is 0 Å². The lowest BCUT2D eigenvalue weighted by molar-refractivity contribution is -0.137. The molecule has 0 saturated heterocycles. The summed E-state index contributed by atoms with van der Waals surface area (Å²) in [5, 5.41) is 10.9. The summed E-state index contributed by atoms with van der Waals surface area (Å²) in [7, 11) is 0. The number of halogens is 3. The van der Waals surface area contributed by atoms with Crippen LogP contribution in [0.4, 0.5) is 35.9 Å². The smallest absolute Gasteiger partial charge is 0.376 e. The molecule has 204 valence electrons. The summed E-state index contributed by atoms with van der Waals surface area (Å²) in [5.74, 6) is -1.23. The van der Waals surface area contributed by atoms with Crippen molar-refractivity contribution in [2.75, 3.05) is 27.8 Å². The monoisotopic (exact) mass is 546 g/mol. The van der Waals surface area contributed by atoms with Crippen molar-refractivity contribution >= 4 is 40.5 Å². The number of carbonyl (C=O) groups is 3. The van der Waals surface area contributed by atoms with Gasteiger partial charge in [0.2, 0.25) is 5.91 Å². The minimum atomic E-state index is -4.53. The molecular formula is C30H25F3N4O3. The molecule has 4 aromatic carbocycles. The Morgan fingerprint density at radius 1 is 0.625 bits per heavy atom. The summed E-state index contributed by atoms with van der Waals surface area (Å²) in [6.45, 7) is 1.83. The first-order valence-electron chi connectivity index (χ1n) is 12.2. The molecule has 3 amide bonds. The maximum absolute atomic E-state index is 12.9. The second kappa shape index (κ2) is 12.2. The van der Waals surface area contributed by atoms with Crippen molar-refractivity contribution in [2.45, 2.75) is 13.1 Å². The van der Waals surface area contributed by atoms with Crippen LogP contribution < -0.4 is 21.3 Å². The van der Waals surface area contributed by atoms with Crippen molar-refractivity contribution in [3.05, 3.63) is 119 Å². The van der Waals surface area contributed by atoms with E-state index in [9.17, 15) is 27.6 Å². The third-order valence-corrected chi connectivity index (χ3v) is 5.73. The molecule has 0 spiro atoms. The molecule has 0 saturated carbocycles. The molecule has 4 rings (SSSR count). The number of nitrogens with one attached hydrogen (secondary N) is 4. The van der Waals surface area contributed by atoms with Crippen LogP contribution in [0.5, 0.6) is 0 Å². The first kappa shape index (κ1) is 27.9. The van der Waals surface area contributed by atoms with Crippen molar-refractivity contribution in [3.8, 4) is 0 Å². The molecule has 0 aliphatic carbocycles. The standard InChI is InChI=1S/C30H25F3N4O3/c1-19-5-2-6-20(15-19)28(39)36-24-13-11-23(12-14-24)34-18-27(38)35-25-9-3-7-21(16-25)29(40)37-26-10-4-8-22(17-26)30(31,32)33/h2-17,34H,18H2,1H3,(H,35,38)(H,36,39)(H,37,40). The SMILES string of the molecule is Cc1cccc(C(=O)Nc2ccc(NCC(=O)Nc3cccc(C(=O)Nc4cccc(C(F)(F)F)c4)c3)cc2)c1. The van der Waals surface area contributed by atoms with E-state index in [1.54, 1.807) is 48.5 Å². The quantitative estimate of drug-likeness (QED) is 0.201. The average molecular weight is 547 g/mol. The lowest BCUT2D eigenvalue weighted by Crippen LogP contribution is -2.22. The van der Waals surface area contributed by atoms with Crippen molar-refractivity contribution < 1.29 is 27.6 Å². The molecule has 0 aliphatic rings. The third-order valence-electron chi connectivity index (χ3n) is 5.73. The maximum Gasteiger partial charge on any atom is 0.416 e. The normalized spacial score (nSPS) is 10.9. The van der Waals surface area contributed by atoms with E-state index in [0.29, 0.717) is 22.6 Å². The van der Waals surface area contributed by atoms with Gasteiger partial charge in [0, 0.05) is 33.9 Å². The van der Waals surface area contributed by atoms with Crippen LogP contribution in [0, 0.1) is 6.92 Å². The van der Waals surface area contributed by atoms with Gasteiger partial charge in [-0.2, -0.15) is 13.2 Å². The van der Waals surface area contributed by atoms with E-state index in [0.717, 1.165) is 17.7 Å². The molecule has 10 heteroatoms. The minimum absolute atomic E-state index is 0.000730. The highest BCUT2D eigenvalue weighted by Crippen LogP contribution is 2.30. The Morgan fingerprint density at radius 2 is 1.18 bits per heavy atom. The number of carbonyl (C=O) groups excluding carboxylic acids is 3. The van der Waals surface area contributed by atoms with E-state index in [2.05, 4.69) is 21.3 Å². The molecule has 0 radical (unpaired) electrons. The number of rotatable bonds is 8. The third kappa shape index (κ3) is 7.70. The molecule has 0 atom stereocenters. The highest BCUT2D eigenvalue weighted by Gasteiger charge is 2.30. The van der Waals surface area contributed by atoms with Gasteiger partial charge in [-0.1, -0.05) is 29.8 Å². The largest absolute Gasteiger partial charge is 0.416 e. The van der Waals surface area contributed by atoms with Gasteiger partial charge in [0.05, 0.1) is 12.1 Å². The molecule has 0 fully saturated rings. The van der Waals surface area contributed by atoms with E-state index >= 15 is 0 Å². The summed E-state index contributed by atoms with van der Waals surface area (Å²) in [5.41, 5.74) is 2.41. The zero-order chi connectivity index (χ0) is 28.7. The Morgan fingerprint density at radius 3 is 1.82 bits per heavy atom. The van der Waals surface area contributed by atoms with E-state index in [1.807, 2.05) is 19.1 Å². The molecular weight excluding hydrogens is 521 g/mol. The Hall–Kier alpha value is -5.12. The summed E-state index contributed by atoms with van der Waals surface area (Å²) in [4.78, 5) is 37.4. The van der Waals surface area contributed by atoms with Gasteiger partial charge >= 0.3 is 6.18 Å². The molecule has 0 unspecified atom stereocenters. The van der Waals surface area contributed by atoms with Gasteiger partial charge in [0.1, 0.15) is 0 Å². The van der Waals surface area contributed by atoms with Crippen LogP contribution in [0.2, 0.25) is 0 Å². The number of aryl methyl sites for hydroxylation is 1. The zero-order valence-corrected chi connectivity index (χ0v) is 21.3. The Labute approximate surface area is 228 Å². The second-order valence-corrected chi connectivity index (χ2v) is 8.92. The van der Waals surface area contributed by atoms with Crippen LogP contribution in [0.15, 0.2) is 97.1 Å². The van der Waals surface area contributed by atoms with Crippen LogP contribution in [0.1, 0.15) is 31.8 Å². The van der Waals surface area contributed by atoms with Gasteiger partial charge < -0.3 is 21.3 Å². The number of anilines is 4. The number of alkyl halides is 3. The predicted molar refractivity (Wildman–Crippen MR) is 149 cm³/mol. The highest BCUT2D eigenvalue weighted by atomic mass is 19.4. The Kier molecular flexibility index (Phi) is 8.48. The zero-order valence-electron chi connectivity index (χ0n) is 21.3. The lowest BCUT2D eigenvalue weighted by Gasteiger charge is -2.11. The second-order valence-electron chi connectivity index (χ2n) is 8.92. The van der Waals surface area contributed by atoms with E-state index < -0.39 is 17.6 Å². The number of hydrogen-bond donors (Lipinski definition) is 4. The molecule has 40 heavy (non-hydrogen) atoms. The minimum Gasteiger partial charge on any atom is -0.376 e. The van der Waals surface area contributed by atoms with E-state index in [-0.39, 0.29) is 29.6 Å². The van der Waals surface area contributed by atoms with Crippen LogP contribution in [0.3, 0.4) is 0 Å². The average Bonchev–Trinajstić information content (AvgIpc) is 2.92. The number of benzene rings is 4. The van der Waals surface area contributed by atoms with Crippen LogP contribution in [-0.2, 0) is 11.0 Å². The van der Waals surface area contributed by atoms with Gasteiger partial charge in [-0.3, -0.25) is 14.4 Å². The number of amides is 3. The summed E-state index contributed by atoms with van der Waals surface area (Å²) < 4.78 is 38.8. The molecule has 0 aromatic heterocycles. The van der Waals surface area contributed by atoms with Crippen molar-refractivity contribution in [3.63, 3.8) is 0 Å². The molecule has 0 bridgehead atoms. The highest BCUT2D eigenvalue weighted by molar-refractivity contribution is 6.06. The first-order chi connectivity index (χ1) is 19.1. The van der Waals surface area contributed by atoms with Gasteiger partial charge in [0.15, 0.2) is 0 Å². The van der Waals surface area contributed by atoms with E-state index in [4.69, 9.17) is 0 Å². The molecule has 4 N–H and O–H groups in total. The Balaban J connectivity index is 1.29. The summed E-state index contributed by atoms with van der Waals surface area (Å²) in [6.07, 6.45) is -4.53. The topological polar surface area (TPSA) is 99.3 Å². The van der Waals surface area contributed by atoms with Gasteiger partial charge in [-0.25, -0.2) is 0 Å². The summed E-state index contributed by atoms with van der Waals surface area (Å²) in [6, 6.07) is 24.5. The van der Waals surface area contributed by atoms with Gasteiger partial charge in [0.25, 0.3) is 11.8 Å². The molecule has 7 nitrogen and oxygen atoms in total. The van der Waals surface area contributed by atoms with E-state index in [1.165, 1.54) is 24.3 Å². The fraction of sp³-hybridized carbons (Fsp3) is 0.100. The van der Waals surface area contributed by atoms with Gasteiger partial charge in [-0.05, 0) is 79.7 Å². The maximum atomic E-state index is 12.9.